The summed E-state index contributed by atoms with van der Waals surface area (Å²) in [6.07, 6.45) is 4.94. The zero-order valence-electron chi connectivity index (χ0n) is 14.5. The van der Waals surface area contributed by atoms with E-state index in [0.717, 1.165) is 45.2 Å². The number of hydrogen-bond acceptors (Lipinski definition) is 3. The molecule has 0 aliphatic heterocycles. The molecule has 0 radical (unpaired) electrons. The lowest BCUT2D eigenvalue weighted by Crippen LogP contribution is -2.57. The fourth-order valence-electron chi connectivity index (χ4n) is 3.79. The molecule has 1 aliphatic carbocycles. The van der Waals surface area contributed by atoms with Crippen LogP contribution in [0, 0.1) is 5.92 Å². The van der Waals surface area contributed by atoms with Crippen molar-refractivity contribution in [2.45, 2.75) is 84.3 Å². The first kappa shape index (κ1) is 18.4. The van der Waals surface area contributed by atoms with Gasteiger partial charge in [0.1, 0.15) is 5.54 Å². The van der Waals surface area contributed by atoms with E-state index >= 15 is 0 Å². The minimum absolute atomic E-state index is 0.207. The molecule has 0 aromatic heterocycles. The van der Waals surface area contributed by atoms with E-state index < -0.39 is 11.5 Å². The Hall–Kier alpha value is -0.610. The van der Waals surface area contributed by atoms with Gasteiger partial charge >= 0.3 is 5.97 Å². The maximum Gasteiger partial charge on any atom is 0.324 e. The normalized spacial score (nSPS) is 27.5. The molecule has 21 heavy (non-hydrogen) atoms. The van der Waals surface area contributed by atoms with E-state index in [0.29, 0.717) is 6.04 Å². The van der Waals surface area contributed by atoms with Crippen molar-refractivity contribution in [1.82, 2.24) is 10.2 Å². The molecular weight excluding hydrogens is 264 g/mol. The van der Waals surface area contributed by atoms with Gasteiger partial charge in [0.25, 0.3) is 0 Å². The summed E-state index contributed by atoms with van der Waals surface area (Å²) < 4.78 is 0. The van der Waals surface area contributed by atoms with Crippen LogP contribution in [0.5, 0.6) is 0 Å². The maximum absolute atomic E-state index is 11.9. The van der Waals surface area contributed by atoms with Gasteiger partial charge < -0.3 is 10.0 Å². The number of carboxylic acid groups (broad SMARTS) is 1. The van der Waals surface area contributed by atoms with Crippen LogP contribution in [-0.2, 0) is 4.79 Å². The molecule has 0 aromatic carbocycles. The summed E-state index contributed by atoms with van der Waals surface area (Å²) in [6.45, 7) is 12.8. The third kappa shape index (κ3) is 4.43. The number of hydrogen-bond donors (Lipinski definition) is 2. The number of nitrogens with one attached hydrogen (secondary N) is 1. The van der Waals surface area contributed by atoms with Crippen molar-refractivity contribution < 1.29 is 9.90 Å². The van der Waals surface area contributed by atoms with Gasteiger partial charge in [-0.2, -0.15) is 0 Å². The smallest absolute Gasteiger partial charge is 0.324 e. The summed E-state index contributed by atoms with van der Waals surface area (Å²) in [4.78, 5) is 14.4. The molecule has 1 aliphatic rings. The largest absolute Gasteiger partial charge is 0.480 e. The van der Waals surface area contributed by atoms with E-state index in [1.165, 1.54) is 0 Å². The Labute approximate surface area is 130 Å². The van der Waals surface area contributed by atoms with Crippen molar-refractivity contribution in [2.24, 2.45) is 5.92 Å². The van der Waals surface area contributed by atoms with Crippen LogP contribution in [0.3, 0.4) is 0 Å². The Bertz CT molecular complexity index is 333. The van der Waals surface area contributed by atoms with Crippen molar-refractivity contribution in [3.8, 4) is 0 Å². The van der Waals surface area contributed by atoms with Crippen LogP contribution in [0.25, 0.3) is 0 Å². The van der Waals surface area contributed by atoms with Gasteiger partial charge in [-0.1, -0.05) is 20.3 Å². The summed E-state index contributed by atoms with van der Waals surface area (Å²) in [7, 11) is 0. The molecular formula is C17H34N2O2. The molecule has 0 heterocycles. The Kier molecular flexibility index (Phi) is 7.14. The minimum atomic E-state index is -0.705. The predicted octanol–water partition coefficient (Wildman–Crippen LogP) is 3.12. The molecule has 0 spiro atoms. The highest BCUT2D eigenvalue weighted by atomic mass is 16.4. The number of carbonyl (C=O) groups is 1. The molecule has 1 saturated carbocycles. The van der Waals surface area contributed by atoms with Crippen LogP contribution >= 0.6 is 0 Å². The van der Waals surface area contributed by atoms with E-state index in [4.69, 9.17) is 0 Å². The Morgan fingerprint density at radius 1 is 1.38 bits per heavy atom. The van der Waals surface area contributed by atoms with Gasteiger partial charge in [-0.3, -0.25) is 10.1 Å². The molecule has 4 nitrogen and oxygen atoms in total. The van der Waals surface area contributed by atoms with E-state index in [1.807, 2.05) is 13.8 Å². The zero-order chi connectivity index (χ0) is 16.0. The molecule has 1 fully saturated rings. The van der Waals surface area contributed by atoms with Crippen molar-refractivity contribution >= 4 is 5.97 Å². The van der Waals surface area contributed by atoms with Gasteiger partial charge in [0.15, 0.2) is 0 Å². The Morgan fingerprint density at radius 2 is 2.05 bits per heavy atom. The Morgan fingerprint density at radius 3 is 2.52 bits per heavy atom. The topological polar surface area (TPSA) is 52.6 Å². The molecule has 3 unspecified atom stereocenters. The van der Waals surface area contributed by atoms with E-state index in [1.54, 1.807) is 0 Å². The van der Waals surface area contributed by atoms with Gasteiger partial charge in [-0.25, -0.2) is 0 Å². The second-order valence-electron chi connectivity index (χ2n) is 6.84. The fourth-order valence-corrected chi connectivity index (χ4v) is 3.79. The third-order valence-electron chi connectivity index (χ3n) is 5.13. The average Bonchev–Trinajstić information content (AvgIpc) is 2.82. The molecule has 4 heteroatoms. The Balaban J connectivity index is 2.73. The molecule has 0 aromatic rings. The lowest BCUT2D eigenvalue weighted by Gasteiger charge is -2.36. The summed E-state index contributed by atoms with van der Waals surface area (Å²) >= 11 is 0. The van der Waals surface area contributed by atoms with Crippen LogP contribution in [-0.4, -0.2) is 46.7 Å². The first-order valence-corrected chi connectivity index (χ1v) is 8.62. The molecule has 0 amide bonds. The number of carboxylic acids is 1. The van der Waals surface area contributed by atoms with Gasteiger partial charge in [0.05, 0.1) is 0 Å². The van der Waals surface area contributed by atoms with Crippen molar-refractivity contribution in [3.05, 3.63) is 0 Å². The molecule has 2 N–H and O–H groups in total. The lowest BCUT2D eigenvalue weighted by atomic mass is 9.83. The van der Waals surface area contributed by atoms with E-state index in [9.17, 15) is 9.90 Å². The molecule has 1 rings (SSSR count). The fraction of sp³-hybridized carbons (Fsp3) is 0.941. The van der Waals surface area contributed by atoms with Gasteiger partial charge in [0, 0.05) is 12.1 Å². The minimum Gasteiger partial charge on any atom is -0.480 e. The summed E-state index contributed by atoms with van der Waals surface area (Å²) in [5.41, 5.74) is -0.705. The molecule has 0 bridgehead atoms. The van der Waals surface area contributed by atoms with Crippen molar-refractivity contribution in [2.75, 3.05) is 13.1 Å². The number of rotatable bonds is 9. The molecule has 124 valence electrons. The van der Waals surface area contributed by atoms with Crippen molar-refractivity contribution in [1.29, 1.82) is 0 Å². The summed E-state index contributed by atoms with van der Waals surface area (Å²) in [6, 6.07) is 0.784. The standard InChI is InChI=1S/C17H34N2O2/c1-6-14(5)19(7-2)12-10-15-9-8-11-17(15,16(20)21)18-13(3)4/h13-15,18H,6-12H2,1-5H3,(H,20,21). The van der Waals surface area contributed by atoms with Gasteiger partial charge in [0.2, 0.25) is 0 Å². The number of aliphatic carboxylic acids is 1. The summed E-state index contributed by atoms with van der Waals surface area (Å²) in [5, 5.41) is 13.2. The van der Waals surface area contributed by atoms with E-state index in [-0.39, 0.29) is 12.0 Å². The first-order chi connectivity index (χ1) is 9.87. The van der Waals surface area contributed by atoms with Crippen LogP contribution in [0.1, 0.15) is 66.7 Å². The third-order valence-corrected chi connectivity index (χ3v) is 5.13. The predicted molar refractivity (Wildman–Crippen MR) is 87.6 cm³/mol. The number of nitrogens with zero attached hydrogens (tertiary/aromatic N) is 1. The van der Waals surface area contributed by atoms with Gasteiger partial charge in [-0.05, 0) is 65.5 Å². The van der Waals surface area contributed by atoms with Crippen LogP contribution in [0.15, 0.2) is 0 Å². The lowest BCUT2D eigenvalue weighted by molar-refractivity contribution is -0.147. The SMILES string of the molecule is CCC(C)N(CC)CCC1CCCC1(NC(C)C)C(=O)O. The van der Waals surface area contributed by atoms with Crippen LogP contribution in [0.2, 0.25) is 0 Å². The van der Waals surface area contributed by atoms with Crippen LogP contribution in [0.4, 0.5) is 0 Å². The highest BCUT2D eigenvalue weighted by Gasteiger charge is 2.49. The summed E-state index contributed by atoms with van der Waals surface area (Å²) in [5.74, 6) is -0.416. The van der Waals surface area contributed by atoms with Crippen LogP contribution < -0.4 is 5.32 Å². The molecule has 3 atom stereocenters. The molecule has 0 saturated heterocycles. The van der Waals surface area contributed by atoms with E-state index in [2.05, 4.69) is 31.0 Å². The monoisotopic (exact) mass is 298 g/mol. The average molecular weight is 298 g/mol. The zero-order valence-corrected chi connectivity index (χ0v) is 14.5. The highest BCUT2D eigenvalue weighted by Crippen LogP contribution is 2.39. The maximum atomic E-state index is 11.9. The highest BCUT2D eigenvalue weighted by molar-refractivity contribution is 5.79. The van der Waals surface area contributed by atoms with Crippen molar-refractivity contribution in [3.63, 3.8) is 0 Å². The van der Waals surface area contributed by atoms with Gasteiger partial charge in [-0.15, -0.1) is 0 Å². The quantitative estimate of drug-likeness (QED) is 0.687. The first-order valence-electron chi connectivity index (χ1n) is 8.62. The second kappa shape index (κ2) is 8.14. The second-order valence-corrected chi connectivity index (χ2v) is 6.84.